The lowest BCUT2D eigenvalue weighted by Gasteiger charge is -2.22. The maximum Gasteiger partial charge on any atom is 0.143 e. The summed E-state index contributed by atoms with van der Waals surface area (Å²) in [4.78, 5) is 8.71. The van der Waals surface area contributed by atoms with Gasteiger partial charge in [0.05, 0.1) is 5.69 Å². The molecule has 0 aromatic carbocycles. The third-order valence-electron chi connectivity index (χ3n) is 3.13. The molecule has 1 unspecified atom stereocenters. The predicted octanol–water partition coefficient (Wildman–Crippen LogP) is 2.50. The highest BCUT2D eigenvalue weighted by molar-refractivity contribution is 9.10. The van der Waals surface area contributed by atoms with Crippen molar-refractivity contribution >= 4 is 15.9 Å². The van der Waals surface area contributed by atoms with E-state index in [1.807, 2.05) is 18.3 Å². The number of hydrogen-bond donors (Lipinski definition) is 1. The second-order valence-corrected chi connectivity index (χ2v) is 5.00. The zero-order valence-corrected chi connectivity index (χ0v) is 10.9. The third-order valence-corrected chi connectivity index (χ3v) is 3.71. The van der Waals surface area contributed by atoms with Crippen LogP contribution in [0.2, 0.25) is 0 Å². The maximum atomic E-state index is 6.13. The lowest BCUT2D eigenvalue weighted by Crippen LogP contribution is -2.22. The summed E-state index contributed by atoms with van der Waals surface area (Å²) >= 11 is 3.51. The smallest absolute Gasteiger partial charge is 0.143 e. The standard InChI is InChI=1S/C12H13BrN4/c13-11-10-9(14)4-2-6-17(10)12(16-11)8-3-1-5-15-7-8/h1,3,5,7,9H,2,4,6,14H2. The number of aromatic nitrogens is 3. The first-order valence-electron chi connectivity index (χ1n) is 5.69. The number of pyridine rings is 1. The van der Waals surface area contributed by atoms with Crippen LogP contribution in [0.25, 0.3) is 11.4 Å². The van der Waals surface area contributed by atoms with Crippen molar-refractivity contribution in [1.82, 2.24) is 14.5 Å². The number of nitrogens with zero attached hydrogens (tertiary/aromatic N) is 3. The van der Waals surface area contributed by atoms with Crippen molar-refractivity contribution in [3.63, 3.8) is 0 Å². The van der Waals surface area contributed by atoms with Gasteiger partial charge in [-0.05, 0) is 40.9 Å². The van der Waals surface area contributed by atoms with Gasteiger partial charge in [0.15, 0.2) is 0 Å². The van der Waals surface area contributed by atoms with Crippen molar-refractivity contribution in [3.05, 3.63) is 34.8 Å². The molecule has 2 aromatic heterocycles. The third kappa shape index (κ3) is 1.79. The molecule has 17 heavy (non-hydrogen) atoms. The SMILES string of the molecule is NC1CCCn2c(-c3cccnc3)nc(Br)c21. The highest BCUT2D eigenvalue weighted by atomic mass is 79.9. The van der Waals surface area contributed by atoms with Crippen LogP contribution in [-0.2, 0) is 6.54 Å². The fraction of sp³-hybridized carbons (Fsp3) is 0.333. The topological polar surface area (TPSA) is 56.7 Å². The van der Waals surface area contributed by atoms with Gasteiger partial charge in [-0.2, -0.15) is 0 Å². The first-order chi connectivity index (χ1) is 8.27. The highest BCUT2D eigenvalue weighted by Crippen LogP contribution is 2.33. The van der Waals surface area contributed by atoms with Gasteiger partial charge >= 0.3 is 0 Å². The van der Waals surface area contributed by atoms with Crippen molar-refractivity contribution < 1.29 is 0 Å². The molecule has 0 saturated carbocycles. The molecule has 2 aromatic rings. The molecular weight excluding hydrogens is 280 g/mol. The van der Waals surface area contributed by atoms with E-state index in [1.165, 1.54) is 0 Å². The summed E-state index contributed by atoms with van der Waals surface area (Å²) in [6.45, 7) is 0.978. The number of imidazole rings is 1. The number of hydrogen-bond acceptors (Lipinski definition) is 3. The van der Waals surface area contributed by atoms with E-state index in [2.05, 4.69) is 30.5 Å². The van der Waals surface area contributed by atoms with Gasteiger partial charge in [0, 0.05) is 30.5 Å². The average molecular weight is 293 g/mol. The number of halogens is 1. The van der Waals surface area contributed by atoms with Gasteiger partial charge in [0.1, 0.15) is 10.4 Å². The minimum absolute atomic E-state index is 0.0797. The largest absolute Gasteiger partial charge is 0.326 e. The van der Waals surface area contributed by atoms with Crippen molar-refractivity contribution in [2.45, 2.75) is 25.4 Å². The van der Waals surface area contributed by atoms with Crippen LogP contribution in [0.4, 0.5) is 0 Å². The van der Waals surface area contributed by atoms with Gasteiger partial charge in [0.25, 0.3) is 0 Å². The van der Waals surface area contributed by atoms with E-state index in [1.54, 1.807) is 6.20 Å². The Kier molecular flexibility index (Phi) is 2.72. The molecule has 1 atom stereocenters. The molecule has 0 aliphatic carbocycles. The predicted molar refractivity (Wildman–Crippen MR) is 69.3 cm³/mol. The van der Waals surface area contributed by atoms with Crippen LogP contribution < -0.4 is 5.73 Å². The fourth-order valence-electron chi connectivity index (χ4n) is 2.34. The summed E-state index contributed by atoms with van der Waals surface area (Å²) in [5.41, 5.74) is 8.27. The van der Waals surface area contributed by atoms with Gasteiger partial charge in [0.2, 0.25) is 0 Å². The Bertz CT molecular complexity index is 535. The number of rotatable bonds is 1. The molecule has 0 spiro atoms. The van der Waals surface area contributed by atoms with Crippen LogP contribution in [0, 0.1) is 0 Å². The maximum absolute atomic E-state index is 6.13. The van der Waals surface area contributed by atoms with Crippen molar-refractivity contribution in [2.75, 3.05) is 0 Å². The summed E-state index contributed by atoms with van der Waals surface area (Å²) in [6, 6.07) is 4.03. The Morgan fingerprint density at radius 2 is 2.35 bits per heavy atom. The van der Waals surface area contributed by atoms with Crippen molar-refractivity contribution in [3.8, 4) is 11.4 Å². The lowest BCUT2D eigenvalue weighted by atomic mass is 10.1. The summed E-state index contributed by atoms with van der Waals surface area (Å²) < 4.78 is 3.07. The summed E-state index contributed by atoms with van der Waals surface area (Å²) in [5, 5.41) is 0. The molecule has 3 rings (SSSR count). The van der Waals surface area contributed by atoms with Crippen LogP contribution >= 0.6 is 15.9 Å². The normalized spacial score (nSPS) is 19.1. The van der Waals surface area contributed by atoms with E-state index < -0.39 is 0 Å². The molecule has 1 aliphatic heterocycles. The first-order valence-corrected chi connectivity index (χ1v) is 6.48. The zero-order valence-electron chi connectivity index (χ0n) is 9.31. The number of fused-ring (bicyclic) bond motifs is 1. The summed E-state index contributed by atoms with van der Waals surface area (Å²) in [7, 11) is 0. The van der Waals surface area contributed by atoms with Gasteiger partial charge in [-0.3, -0.25) is 4.98 Å². The van der Waals surface area contributed by atoms with E-state index in [0.717, 1.165) is 41.1 Å². The minimum Gasteiger partial charge on any atom is -0.326 e. The van der Waals surface area contributed by atoms with E-state index in [9.17, 15) is 0 Å². The summed E-state index contributed by atoms with van der Waals surface area (Å²) in [6.07, 6.45) is 5.73. The second kappa shape index (κ2) is 4.23. The number of nitrogens with two attached hydrogens (primary N) is 1. The molecule has 4 nitrogen and oxygen atoms in total. The molecule has 1 aliphatic rings. The van der Waals surface area contributed by atoms with E-state index >= 15 is 0 Å². The van der Waals surface area contributed by atoms with E-state index in [0.29, 0.717) is 0 Å². The van der Waals surface area contributed by atoms with Gasteiger partial charge in [-0.25, -0.2) is 4.98 Å². The lowest BCUT2D eigenvalue weighted by molar-refractivity contribution is 0.464. The minimum atomic E-state index is 0.0797. The van der Waals surface area contributed by atoms with Gasteiger partial charge in [-0.1, -0.05) is 0 Å². The van der Waals surface area contributed by atoms with Crippen LogP contribution in [0.3, 0.4) is 0 Å². The Hall–Kier alpha value is -1.20. The average Bonchev–Trinajstić information content (AvgIpc) is 2.69. The van der Waals surface area contributed by atoms with E-state index in [4.69, 9.17) is 5.73 Å². The van der Waals surface area contributed by atoms with Crippen LogP contribution in [0.5, 0.6) is 0 Å². The van der Waals surface area contributed by atoms with Crippen LogP contribution in [0.15, 0.2) is 29.1 Å². The Balaban J connectivity index is 2.17. The Labute approximate surface area is 108 Å². The van der Waals surface area contributed by atoms with Crippen molar-refractivity contribution in [1.29, 1.82) is 0 Å². The molecule has 0 fully saturated rings. The molecule has 2 N–H and O–H groups in total. The second-order valence-electron chi connectivity index (χ2n) is 4.25. The molecule has 0 amide bonds. The van der Waals surface area contributed by atoms with Gasteiger partial charge < -0.3 is 10.3 Å². The van der Waals surface area contributed by atoms with Crippen LogP contribution in [0.1, 0.15) is 24.6 Å². The first kappa shape index (κ1) is 10.9. The Morgan fingerprint density at radius 3 is 3.12 bits per heavy atom. The van der Waals surface area contributed by atoms with Crippen LogP contribution in [-0.4, -0.2) is 14.5 Å². The van der Waals surface area contributed by atoms with Crippen molar-refractivity contribution in [2.24, 2.45) is 5.73 Å². The zero-order chi connectivity index (χ0) is 11.8. The molecule has 0 saturated heterocycles. The van der Waals surface area contributed by atoms with E-state index in [-0.39, 0.29) is 6.04 Å². The Morgan fingerprint density at radius 1 is 1.47 bits per heavy atom. The molecule has 5 heteroatoms. The fourth-order valence-corrected chi connectivity index (χ4v) is 3.01. The molecule has 0 radical (unpaired) electrons. The quantitative estimate of drug-likeness (QED) is 0.879. The molecule has 88 valence electrons. The monoisotopic (exact) mass is 292 g/mol. The molecule has 0 bridgehead atoms. The van der Waals surface area contributed by atoms with Gasteiger partial charge in [-0.15, -0.1) is 0 Å². The highest BCUT2D eigenvalue weighted by Gasteiger charge is 2.24. The summed E-state index contributed by atoms with van der Waals surface area (Å²) in [5.74, 6) is 0.954. The molecule has 3 heterocycles. The molecular formula is C12H13BrN4.